The Morgan fingerprint density at radius 3 is 1.41 bits per heavy atom. The predicted molar refractivity (Wildman–Crippen MR) is 120 cm³/mol. The van der Waals surface area contributed by atoms with Crippen molar-refractivity contribution in [2.75, 3.05) is 0 Å². The van der Waals surface area contributed by atoms with Crippen molar-refractivity contribution in [1.82, 2.24) is 0 Å². The van der Waals surface area contributed by atoms with Crippen LogP contribution in [0.15, 0.2) is 24.3 Å². The Morgan fingerprint density at radius 2 is 0.963 bits per heavy atom. The molecule has 0 saturated heterocycles. The summed E-state index contributed by atoms with van der Waals surface area (Å²) in [5, 5.41) is 0. The summed E-state index contributed by atoms with van der Waals surface area (Å²) in [6, 6.07) is 0. The lowest BCUT2D eigenvalue weighted by Crippen LogP contribution is -2.22. The van der Waals surface area contributed by atoms with Crippen molar-refractivity contribution in [3.05, 3.63) is 24.3 Å². The van der Waals surface area contributed by atoms with Gasteiger partial charge in [0.15, 0.2) is 0 Å². The van der Waals surface area contributed by atoms with Gasteiger partial charge in [-0.25, -0.2) is 0 Å². The van der Waals surface area contributed by atoms with E-state index in [4.69, 9.17) is 0 Å². The maximum atomic E-state index is 2.45. The van der Waals surface area contributed by atoms with Crippen molar-refractivity contribution < 1.29 is 0 Å². The molecule has 0 heteroatoms. The fraction of sp³-hybridized carbons (Fsp3) is 0.852. The zero-order valence-corrected chi connectivity index (χ0v) is 18.4. The average Bonchev–Trinajstić information content (AvgIpc) is 2.70. The summed E-state index contributed by atoms with van der Waals surface area (Å²) in [7, 11) is 0. The number of allylic oxidation sites excluding steroid dienone is 4. The molecule has 0 unspecified atom stereocenters. The second kappa shape index (κ2) is 11.5. The lowest BCUT2D eigenvalue weighted by Gasteiger charge is -2.36. The van der Waals surface area contributed by atoms with Gasteiger partial charge in [0, 0.05) is 0 Å². The molecule has 0 aromatic rings. The minimum absolute atomic E-state index is 0.969. The SMILES string of the molecule is C/C=C/C=C/CC1CCC(CC2CCC(CC3CCC(C)CC3)CC2)CC1. The Kier molecular flexibility index (Phi) is 9.01. The first-order chi connectivity index (χ1) is 13.2. The standard InChI is InChI=1S/C27H46/c1-3-4-5-6-7-23-12-14-25(15-13-23)21-27-18-16-26(17-19-27)20-24-10-8-22(2)9-11-24/h3-6,22-27H,7-21H2,1-2H3/b4-3+,6-5+. The van der Waals surface area contributed by atoms with Crippen molar-refractivity contribution in [3.63, 3.8) is 0 Å². The van der Waals surface area contributed by atoms with Gasteiger partial charge in [-0.1, -0.05) is 95.4 Å². The molecular formula is C27H46. The van der Waals surface area contributed by atoms with Gasteiger partial charge in [0.25, 0.3) is 0 Å². The van der Waals surface area contributed by atoms with E-state index < -0.39 is 0 Å². The van der Waals surface area contributed by atoms with Gasteiger partial charge < -0.3 is 0 Å². The molecule has 0 heterocycles. The largest absolute Gasteiger partial charge is 0.0877 e. The topological polar surface area (TPSA) is 0 Å². The molecular weight excluding hydrogens is 324 g/mol. The average molecular weight is 371 g/mol. The van der Waals surface area contributed by atoms with Crippen LogP contribution in [0.4, 0.5) is 0 Å². The lowest BCUT2D eigenvalue weighted by molar-refractivity contribution is 0.166. The van der Waals surface area contributed by atoms with Crippen LogP contribution >= 0.6 is 0 Å². The smallest absolute Gasteiger partial charge is 0.0319 e. The summed E-state index contributed by atoms with van der Waals surface area (Å²) in [5.74, 6) is 6.28. The van der Waals surface area contributed by atoms with E-state index in [2.05, 4.69) is 38.2 Å². The normalized spacial score (nSPS) is 38.6. The van der Waals surface area contributed by atoms with Gasteiger partial charge in [-0.3, -0.25) is 0 Å². The molecule has 0 atom stereocenters. The third-order valence-electron chi connectivity index (χ3n) is 8.31. The quantitative estimate of drug-likeness (QED) is 0.393. The first kappa shape index (κ1) is 21.2. The van der Waals surface area contributed by atoms with Crippen molar-refractivity contribution in [2.45, 2.75) is 110 Å². The molecule has 0 nitrogen and oxygen atoms in total. The molecule has 154 valence electrons. The summed E-state index contributed by atoms with van der Waals surface area (Å²) in [5.41, 5.74) is 0. The van der Waals surface area contributed by atoms with Gasteiger partial charge in [0.2, 0.25) is 0 Å². The first-order valence-electron chi connectivity index (χ1n) is 12.5. The van der Waals surface area contributed by atoms with Crippen LogP contribution in [0, 0.1) is 35.5 Å². The fourth-order valence-corrected chi connectivity index (χ4v) is 6.37. The van der Waals surface area contributed by atoms with Gasteiger partial charge in [-0.15, -0.1) is 0 Å². The maximum Gasteiger partial charge on any atom is -0.0319 e. The first-order valence-corrected chi connectivity index (χ1v) is 12.5. The highest BCUT2D eigenvalue weighted by Gasteiger charge is 2.28. The van der Waals surface area contributed by atoms with E-state index in [1.165, 1.54) is 57.8 Å². The van der Waals surface area contributed by atoms with Crippen LogP contribution < -0.4 is 0 Å². The molecule has 3 fully saturated rings. The van der Waals surface area contributed by atoms with Crippen LogP contribution in [0.3, 0.4) is 0 Å². The lowest BCUT2D eigenvalue weighted by atomic mass is 9.70. The number of hydrogen-bond donors (Lipinski definition) is 0. The third kappa shape index (κ3) is 7.43. The zero-order valence-electron chi connectivity index (χ0n) is 18.4. The van der Waals surface area contributed by atoms with E-state index in [1.807, 2.05) is 0 Å². The molecule has 0 radical (unpaired) electrons. The summed E-state index contributed by atoms with van der Waals surface area (Å²) >= 11 is 0. The minimum atomic E-state index is 0.969. The highest BCUT2D eigenvalue weighted by atomic mass is 14.3. The van der Waals surface area contributed by atoms with Gasteiger partial charge in [-0.2, -0.15) is 0 Å². The Morgan fingerprint density at radius 1 is 0.556 bits per heavy atom. The van der Waals surface area contributed by atoms with E-state index >= 15 is 0 Å². The number of rotatable bonds is 7. The Balaban J connectivity index is 1.27. The highest BCUT2D eigenvalue weighted by molar-refractivity contribution is 5.01. The minimum Gasteiger partial charge on any atom is -0.0877 e. The summed E-state index contributed by atoms with van der Waals surface area (Å²) in [6.45, 7) is 4.55. The maximum absolute atomic E-state index is 2.45. The second-order valence-corrected chi connectivity index (χ2v) is 10.6. The zero-order chi connectivity index (χ0) is 18.9. The van der Waals surface area contributed by atoms with E-state index in [9.17, 15) is 0 Å². The van der Waals surface area contributed by atoms with Crippen LogP contribution in [0.5, 0.6) is 0 Å². The Bertz CT molecular complexity index is 435. The summed E-state index contributed by atoms with van der Waals surface area (Å²) in [6.07, 6.45) is 31.7. The molecule has 0 aliphatic heterocycles. The fourth-order valence-electron chi connectivity index (χ4n) is 6.37. The van der Waals surface area contributed by atoms with Gasteiger partial charge >= 0.3 is 0 Å². The van der Waals surface area contributed by atoms with Crippen molar-refractivity contribution in [2.24, 2.45) is 35.5 Å². The van der Waals surface area contributed by atoms with Crippen molar-refractivity contribution in [1.29, 1.82) is 0 Å². The summed E-state index contributed by atoms with van der Waals surface area (Å²) in [4.78, 5) is 0. The molecule has 3 rings (SSSR count). The van der Waals surface area contributed by atoms with Crippen LogP contribution in [-0.4, -0.2) is 0 Å². The molecule has 3 saturated carbocycles. The second-order valence-electron chi connectivity index (χ2n) is 10.6. The van der Waals surface area contributed by atoms with Crippen LogP contribution in [0.2, 0.25) is 0 Å². The monoisotopic (exact) mass is 370 g/mol. The van der Waals surface area contributed by atoms with Crippen LogP contribution in [0.25, 0.3) is 0 Å². The van der Waals surface area contributed by atoms with E-state index in [0.29, 0.717) is 0 Å². The van der Waals surface area contributed by atoms with Crippen molar-refractivity contribution >= 4 is 0 Å². The third-order valence-corrected chi connectivity index (χ3v) is 8.31. The van der Waals surface area contributed by atoms with Crippen molar-refractivity contribution in [3.8, 4) is 0 Å². The number of hydrogen-bond acceptors (Lipinski definition) is 0. The van der Waals surface area contributed by atoms with E-state index in [1.54, 1.807) is 38.5 Å². The van der Waals surface area contributed by atoms with Crippen LogP contribution in [0.1, 0.15) is 110 Å². The molecule has 3 aliphatic carbocycles. The molecule has 27 heavy (non-hydrogen) atoms. The predicted octanol–water partition coefficient (Wildman–Crippen LogP) is 8.73. The molecule has 0 N–H and O–H groups in total. The molecule has 0 amide bonds. The molecule has 3 aliphatic rings. The van der Waals surface area contributed by atoms with E-state index in [0.717, 1.165) is 35.5 Å². The van der Waals surface area contributed by atoms with Gasteiger partial charge in [0.1, 0.15) is 0 Å². The van der Waals surface area contributed by atoms with Gasteiger partial charge in [-0.05, 0) is 74.5 Å². The molecule has 0 aromatic carbocycles. The highest BCUT2D eigenvalue weighted by Crippen LogP contribution is 2.42. The Labute approximate surface area is 170 Å². The van der Waals surface area contributed by atoms with Gasteiger partial charge in [0.05, 0.1) is 0 Å². The summed E-state index contributed by atoms with van der Waals surface area (Å²) < 4.78 is 0. The molecule has 0 bridgehead atoms. The van der Waals surface area contributed by atoms with E-state index in [-0.39, 0.29) is 0 Å². The van der Waals surface area contributed by atoms with Crippen LogP contribution in [-0.2, 0) is 0 Å². The Hall–Kier alpha value is -0.520. The molecule has 0 spiro atoms. The molecule has 0 aromatic heterocycles.